The molecule has 1 aromatic rings. The van der Waals surface area contributed by atoms with Gasteiger partial charge in [0, 0.05) is 24.1 Å². The molecule has 2 aliphatic rings. The summed E-state index contributed by atoms with van der Waals surface area (Å²) in [6, 6.07) is 9.00. The van der Waals surface area contributed by atoms with Gasteiger partial charge in [0.15, 0.2) is 11.3 Å². The van der Waals surface area contributed by atoms with Crippen LogP contribution in [-0.4, -0.2) is 75.8 Å². The van der Waals surface area contributed by atoms with Crippen molar-refractivity contribution < 1.29 is 42.5 Å². The van der Waals surface area contributed by atoms with E-state index >= 15 is 4.39 Å². The molecule has 2 heterocycles. The van der Waals surface area contributed by atoms with Crippen LogP contribution in [0.3, 0.4) is 0 Å². The van der Waals surface area contributed by atoms with Crippen molar-refractivity contribution in [2.24, 2.45) is 5.41 Å². The highest BCUT2D eigenvalue weighted by atomic mass is 32.2. The lowest BCUT2D eigenvalue weighted by atomic mass is 9.96. The number of carbonyl (C=O) groups excluding carboxylic acids is 2. The quantitative estimate of drug-likeness (QED) is 0.148. The zero-order valence-electron chi connectivity index (χ0n) is 23.0. The van der Waals surface area contributed by atoms with Crippen molar-refractivity contribution in [2.75, 3.05) is 25.6 Å². The van der Waals surface area contributed by atoms with Crippen molar-refractivity contribution in [3.05, 3.63) is 60.1 Å². The average Bonchev–Trinajstić information content (AvgIpc) is 3.21. The third kappa shape index (κ3) is 7.85. The number of hydrogen-bond acceptors (Lipinski definition) is 10. The summed E-state index contributed by atoms with van der Waals surface area (Å²) < 4.78 is 46.4. The highest BCUT2D eigenvalue weighted by Gasteiger charge is 2.59. The van der Waals surface area contributed by atoms with E-state index in [1.54, 1.807) is 38.1 Å². The van der Waals surface area contributed by atoms with Crippen LogP contribution in [0.15, 0.2) is 54.5 Å². The normalized spacial score (nSPS) is 26.2. The van der Waals surface area contributed by atoms with Gasteiger partial charge in [-0.3, -0.25) is 18.6 Å². The summed E-state index contributed by atoms with van der Waals surface area (Å²) in [5, 5.41) is 25.1. The molecule has 1 fully saturated rings. The first-order valence-corrected chi connectivity index (χ1v) is 15.2. The maximum atomic E-state index is 15.9. The molecule has 0 bridgehead atoms. The molecular formula is C27H35FN3O8PS. The van der Waals surface area contributed by atoms with Crippen molar-refractivity contribution in [2.45, 2.75) is 51.4 Å². The molecule has 224 valence electrons. The fraction of sp³-hybridized carbons (Fsp3) is 0.481. The van der Waals surface area contributed by atoms with Crippen molar-refractivity contribution in [3.63, 3.8) is 0 Å². The Morgan fingerprint density at radius 1 is 1.39 bits per heavy atom. The number of halogens is 1. The topological polar surface area (TPSA) is 147 Å². The number of carbonyl (C=O) groups is 2. The van der Waals surface area contributed by atoms with E-state index < -0.39 is 49.8 Å². The van der Waals surface area contributed by atoms with E-state index in [1.807, 2.05) is 12.0 Å². The Labute approximate surface area is 243 Å². The Kier molecular flexibility index (Phi) is 11.0. The van der Waals surface area contributed by atoms with Crippen molar-refractivity contribution in [1.82, 2.24) is 15.3 Å². The molecule has 2 aliphatic heterocycles. The summed E-state index contributed by atoms with van der Waals surface area (Å²) in [5.41, 5.74) is -2.69. The standard InChI is InChI=1S/C27H35FN3O8PS/c1-6-27(28)22(33)21(39-24(27)31-15-18(2)23(34)30-19(31)3)16-38-40(36,29-14-20-10-8-7-9-11-20)37-12-13-41-25(35)26(4,5)17-32/h1,7-11,15,21-22,24,32-33H,3,12-14,16-17H2,2,4-5H3,(H,29,36)(H,30,34)/t21-,22-,24-,27-,40?/m1/s1. The van der Waals surface area contributed by atoms with E-state index in [0.29, 0.717) is 0 Å². The summed E-state index contributed by atoms with van der Waals surface area (Å²) in [5.74, 6) is 1.61. The highest BCUT2D eigenvalue weighted by Crippen LogP contribution is 2.46. The second kappa shape index (κ2) is 13.6. The molecule has 0 aliphatic carbocycles. The van der Waals surface area contributed by atoms with Gasteiger partial charge in [-0.05, 0) is 26.3 Å². The molecule has 3 rings (SSSR count). The summed E-state index contributed by atoms with van der Waals surface area (Å²) in [6.45, 7) is 7.41. The van der Waals surface area contributed by atoms with Gasteiger partial charge in [0.1, 0.15) is 18.0 Å². The Bertz CT molecular complexity index is 1260. The lowest BCUT2D eigenvalue weighted by molar-refractivity contribution is -0.120. The fourth-order valence-corrected chi connectivity index (χ4v) is 6.03. The van der Waals surface area contributed by atoms with Crippen LogP contribution in [0, 0.1) is 17.8 Å². The molecule has 4 N–H and O–H groups in total. The molecule has 14 heteroatoms. The van der Waals surface area contributed by atoms with E-state index in [0.717, 1.165) is 17.3 Å². The van der Waals surface area contributed by atoms with Crippen LogP contribution in [0.5, 0.6) is 0 Å². The van der Waals surface area contributed by atoms with Crippen LogP contribution in [0.25, 0.3) is 0 Å². The van der Waals surface area contributed by atoms with Crippen LogP contribution in [-0.2, 0) is 34.5 Å². The van der Waals surface area contributed by atoms with E-state index in [4.69, 9.17) is 20.2 Å². The largest absolute Gasteiger partial charge is 0.405 e. The molecule has 1 unspecified atom stereocenters. The minimum Gasteiger partial charge on any atom is -0.395 e. The third-order valence-corrected chi connectivity index (χ3v) is 9.18. The number of nitrogens with zero attached hydrogens (tertiary/aromatic N) is 1. The monoisotopic (exact) mass is 611 g/mol. The first kappa shape index (κ1) is 33.0. The molecule has 1 saturated heterocycles. The van der Waals surface area contributed by atoms with Gasteiger partial charge in [-0.2, -0.15) is 0 Å². The van der Waals surface area contributed by atoms with Crippen LogP contribution in [0.4, 0.5) is 4.39 Å². The Morgan fingerprint density at radius 3 is 2.71 bits per heavy atom. The Hall–Kier alpha value is -2.53. The Balaban J connectivity index is 1.71. The summed E-state index contributed by atoms with van der Waals surface area (Å²) in [4.78, 5) is 25.4. The average molecular weight is 612 g/mol. The number of amides is 1. The molecule has 41 heavy (non-hydrogen) atoms. The molecule has 11 nitrogen and oxygen atoms in total. The number of rotatable bonds is 13. The second-order valence-corrected chi connectivity index (χ2v) is 13.0. The predicted molar refractivity (Wildman–Crippen MR) is 151 cm³/mol. The number of hydrogen-bond donors (Lipinski definition) is 4. The first-order valence-electron chi connectivity index (χ1n) is 12.7. The van der Waals surface area contributed by atoms with Gasteiger partial charge in [0.2, 0.25) is 5.67 Å². The van der Waals surface area contributed by atoms with Gasteiger partial charge in [-0.15, -0.1) is 6.42 Å². The predicted octanol–water partition coefficient (Wildman–Crippen LogP) is 2.43. The van der Waals surface area contributed by atoms with Gasteiger partial charge in [0.05, 0.1) is 25.2 Å². The number of nitrogens with one attached hydrogen (secondary N) is 2. The molecule has 1 aromatic carbocycles. The summed E-state index contributed by atoms with van der Waals surface area (Å²) in [7, 11) is -4.09. The van der Waals surface area contributed by atoms with Gasteiger partial charge in [-0.1, -0.05) is 54.6 Å². The Morgan fingerprint density at radius 2 is 2.07 bits per heavy atom. The second-order valence-electron chi connectivity index (χ2n) is 10.1. The minimum atomic E-state index is -4.09. The third-order valence-electron chi connectivity index (χ3n) is 6.43. The lowest BCUT2D eigenvalue weighted by Crippen LogP contribution is -2.52. The maximum absolute atomic E-state index is 15.9. The zero-order chi connectivity index (χ0) is 30.4. The van der Waals surface area contributed by atoms with Crippen LogP contribution in [0.2, 0.25) is 0 Å². The van der Waals surface area contributed by atoms with Crippen molar-refractivity contribution in [3.8, 4) is 12.3 Å². The van der Waals surface area contributed by atoms with Gasteiger partial charge in [-0.25, -0.2) is 14.0 Å². The molecule has 0 spiro atoms. The van der Waals surface area contributed by atoms with Crippen LogP contribution < -0.4 is 10.4 Å². The van der Waals surface area contributed by atoms with Gasteiger partial charge in [0.25, 0.3) is 5.91 Å². The lowest BCUT2D eigenvalue weighted by Gasteiger charge is -2.36. The fourth-order valence-electron chi connectivity index (χ4n) is 3.80. The number of aliphatic hydroxyl groups is 2. The first-order chi connectivity index (χ1) is 19.3. The molecule has 5 atom stereocenters. The van der Waals surface area contributed by atoms with Crippen molar-refractivity contribution in [1.29, 1.82) is 0 Å². The number of thioether (sulfide) groups is 1. The van der Waals surface area contributed by atoms with Gasteiger partial charge >= 0.3 is 7.75 Å². The van der Waals surface area contributed by atoms with E-state index in [1.165, 1.54) is 18.0 Å². The minimum absolute atomic E-state index is 0.00778. The number of alkyl halides is 1. The number of benzene rings is 1. The smallest absolute Gasteiger partial charge is 0.395 e. The van der Waals surface area contributed by atoms with Gasteiger partial charge < -0.3 is 25.2 Å². The summed E-state index contributed by atoms with van der Waals surface area (Å²) in [6.07, 6.45) is 1.92. The highest BCUT2D eigenvalue weighted by molar-refractivity contribution is 8.13. The van der Waals surface area contributed by atoms with E-state index in [2.05, 4.69) is 17.0 Å². The zero-order valence-corrected chi connectivity index (χ0v) is 24.8. The molecule has 1 amide bonds. The molecule has 0 radical (unpaired) electrons. The molecule has 0 aromatic heterocycles. The number of ether oxygens (including phenoxy) is 1. The number of terminal acetylenes is 1. The van der Waals surface area contributed by atoms with E-state index in [-0.39, 0.29) is 42.0 Å². The SMILES string of the molecule is C#C[C@@]1(F)[C@H](O)[C@@H](COP(=O)(NCc2ccccc2)OCCSC(=O)C(C)(C)CO)O[C@H]1N1C=C(C)C(=O)NC1=C. The van der Waals surface area contributed by atoms with Crippen molar-refractivity contribution >= 4 is 30.5 Å². The maximum Gasteiger partial charge on any atom is 0.405 e. The van der Waals surface area contributed by atoms with Crippen LogP contribution >= 0.6 is 19.5 Å². The number of aliphatic hydroxyl groups excluding tert-OH is 2. The van der Waals surface area contributed by atoms with Crippen LogP contribution in [0.1, 0.15) is 26.3 Å². The molecule has 0 saturated carbocycles. The summed E-state index contributed by atoms with van der Waals surface area (Å²) >= 11 is 0.912. The molecular weight excluding hydrogens is 576 g/mol. The van der Waals surface area contributed by atoms with E-state index in [9.17, 15) is 24.4 Å².